The molecule has 1 aromatic rings. The molecule has 1 rings (SSSR count). The van der Waals surface area contributed by atoms with Crippen LogP contribution >= 0.6 is 0 Å². The summed E-state index contributed by atoms with van der Waals surface area (Å²) in [7, 11) is 0. The van der Waals surface area contributed by atoms with Crippen molar-refractivity contribution in [2.24, 2.45) is 0 Å². The highest BCUT2D eigenvalue weighted by Crippen LogP contribution is 2.20. The normalized spacial score (nSPS) is 13.9. The third-order valence-electron chi connectivity index (χ3n) is 3.15. The second kappa shape index (κ2) is 4.80. The molecule has 1 nitrogen and oxygen atoms in total. The van der Waals surface area contributed by atoms with E-state index in [0.717, 1.165) is 6.42 Å². The smallest absolute Gasteiger partial charge is 0.0299 e. The highest BCUT2D eigenvalue weighted by atomic mass is 15.0. The molecule has 0 bridgehead atoms. The zero-order valence-electron chi connectivity index (χ0n) is 10.6. The molecule has 0 aliphatic heterocycles. The molecule has 1 atom stereocenters. The highest BCUT2D eigenvalue weighted by molar-refractivity contribution is 5.28. The van der Waals surface area contributed by atoms with Gasteiger partial charge in [-0.1, -0.05) is 31.2 Å². The molecule has 1 heteroatoms. The van der Waals surface area contributed by atoms with Crippen LogP contribution < -0.4 is 5.32 Å². The van der Waals surface area contributed by atoms with Gasteiger partial charge in [0.15, 0.2) is 0 Å². The molecule has 0 spiro atoms. The molecule has 15 heavy (non-hydrogen) atoms. The topological polar surface area (TPSA) is 12.0 Å². The first-order chi connectivity index (χ1) is 6.96. The Bertz CT molecular complexity index is 315. The van der Waals surface area contributed by atoms with E-state index in [4.69, 9.17) is 0 Å². The Morgan fingerprint density at radius 2 is 1.87 bits per heavy atom. The van der Waals surface area contributed by atoms with E-state index >= 15 is 0 Å². The summed E-state index contributed by atoms with van der Waals surface area (Å²) in [5, 5.41) is 3.66. The first-order valence-corrected chi connectivity index (χ1v) is 5.79. The van der Waals surface area contributed by atoms with Crippen LogP contribution in [-0.2, 0) is 0 Å². The largest absolute Gasteiger partial charge is 0.305 e. The quantitative estimate of drug-likeness (QED) is 0.787. The van der Waals surface area contributed by atoms with E-state index < -0.39 is 0 Å². The molecular weight excluding hydrogens is 182 g/mol. The Kier molecular flexibility index (Phi) is 3.92. The van der Waals surface area contributed by atoms with Crippen molar-refractivity contribution in [1.82, 2.24) is 5.32 Å². The lowest BCUT2D eigenvalue weighted by molar-refractivity contribution is 0.337. The van der Waals surface area contributed by atoms with Crippen LogP contribution in [-0.4, -0.2) is 5.54 Å². The minimum atomic E-state index is 0.210. The van der Waals surface area contributed by atoms with Crippen LogP contribution in [0.5, 0.6) is 0 Å². The molecule has 84 valence electrons. The Balaban J connectivity index is 2.78. The number of aryl methyl sites for hydroxylation is 1. The maximum atomic E-state index is 3.66. The van der Waals surface area contributed by atoms with Crippen molar-refractivity contribution in [2.45, 2.75) is 52.6 Å². The summed E-state index contributed by atoms with van der Waals surface area (Å²) in [5.74, 6) is 0. The van der Waals surface area contributed by atoms with Gasteiger partial charge in [-0.15, -0.1) is 0 Å². The van der Waals surface area contributed by atoms with Gasteiger partial charge in [-0.05, 0) is 45.2 Å². The summed E-state index contributed by atoms with van der Waals surface area (Å²) in [6.07, 6.45) is 1.14. The van der Waals surface area contributed by atoms with Crippen molar-refractivity contribution < 1.29 is 0 Å². The Morgan fingerprint density at radius 3 is 2.40 bits per heavy atom. The van der Waals surface area contributed by atoms with E-state index in [1.54, 1.807) is 0 Å². The number of nitrogens with one attached hydrogen (secondary N) is 1. The van der Waals surface area contributed by atoms with Gasteiger partial charge in [-0.25, -0.2) is 0 Å². The molecule has 1 unspecified atom stereocenters. The van der Waals surface area contributed by atoms with Crippen molar-refractivity contribution in [2.75, 3.05) is 0 Å². The summed E-state index contributed by atoms with van der Waals surface area (Å²) in [6, 6.07) is 9.00. The lowest BCUT2D eigenvalue weighted by Crippen LogP contribution is -2.40. The lowest BCUT2D eigenvalue weighted by atomic mass is 9.96. The molecule has 0 heterocycles. The average Bonchev–Trinajstić information content (AvgIpc) is 2.17. The van der Waals surface area contributed by atoms with Gasteiger partial charge in [0, 0.05) is 11.6 Å². The van der Waals surface area contributed by atoms with Crippen LogP contribution in [0.2, 0.25) is 0 Å². The zero-order chi connectivity index (χ0) is 11.5. The van der Waals surface area contributed by atoms with Gasteiger partial charge < -0.3 is 5.32 Å². The van der Waals surface area contributed by atoms with E-state index in [0.29, 0.717) is 6.04 Å². The SMILES string of the molecule is CCC(C)(C)NC(C)c1ccccc1C. The van der Waals surface area contributed by atoms with Gasteiger partial charge in [0.05, 0.1) is 0 Å². The third-order valence-corrected chi connectivity index (χ3v) is 3.15. The van der Waals surface area contributed by atoms with Gasteiger partial charge in [0.25, 0.3) is 0 Å². The van der Waals surface area contributed by atoms with Crippen LogP contribution in [0.4, 0.5) is 0 Å². The van der Waals surface area contributed by atoms with Crippen molar-refractivity contribution in [3.05, 3.63) is 35.4 Å². The minimum absolute atomic E-state index is 0.210. The summed E-state index contributed by atoms with van der Waals surface area (Å²) >= 11 is 0. The van der Waals surface area contributed by atoms with Crippen molar-refractivity contribution >= 4 is 0 Å². The first-order valence-electron chi connectivity index (χ1n) is 5.79. The fourth-order valence-corrected chi connectivity index (χ4v) is 1.84. The minimum Gasteiger partial charge on any atom is -0.305 e. The molecular formula is C14H23N. The second-order valence-electron chi connectivity index (χ2n) is 4.96. The molecule has 0 fully saturated rings. The predicted octanol–water partition coefficient (Wildman–Crippen LogP) is 3.83. The molecule has 0 aliphatic rings. The maximum absolute atomic E-state index is 3.66. The van der Waals surface area contributed by atoms with E-state index in [9.17, 15) is 0 Å². The number of hydrogen-bond acceptors (Lipinski definition) is 1. The number of hydrogen-bond donors (Lipinski definition) is 1. The molecule has 0 saturated heterocycles. The standard InChI is InChI=1S/C14H23N/c1-6-14(4,5)15-12(3)13-10-8-7-9-11(13)2/h7-10,12,15H,6H2,1-5H3. The van der Waals surface area contributed by atoms with E-state index in [1.807, 2.05) is 0 Å². The third kappa shape index (κ3) is 3.35. The van der Waals surface area contributed by atoms with Crippen LogP contribution in [0.15, 0.2) is 24.3 Å². The average molecular weight is 205 g/mol. The lowest BCUT2D eigenvalue weighted by Gasteiger charge is -2.30. The fourth-order valence-electron chi connectivity index (χ4n) is 1.84. The highest BCUT2D eigenvalue weighted by Gasteiger charge is 2.18. The predicted molar refractivity (Wildman–Crippen MR) is 67.1 cm³/mol. The van der Waals surface area contributed by atoms with E-state index in [2.05, 4.69) is 64.2 Å². The first kappa shape index (κ1) is 12.3. The van der Waals surface area contributed by atoms with Gasteiger partial charge in [-0.2, -0.15) is 0 Å². The monoisotopic (exact) mass is 205 g/mol. The fraction of sp³-hybridized carbons (Fsp3) is 0.571. The Morgan fingerprint density at radius 1 is 1.27 bits per heavy atom. The molecule has 0 aromatic heterocycles. The van der Waals surface area contributed by atoms with Gasteiger partial charge in [0.1, 0.15) is 0 Å². The van der Waals surface area contributed by atoms with Crippen LogP contribution in [0.25, 0.3) is 0 Å². The van der Waals surface area contributed by atoms with E-state index in [-0.39, 0.29) is 5.54 Å². The zero-order valence-corrected chi connectivity index (χ0v) is 10.6. The van der Waals surface area contributed by atoms with Crippen LogP contribution in [0, 0.1) is 6.92 Å². The molecule has 0 aliphatic carbocycles. The summed E-state index contributed by atoms with van der Waals surface area (Å²) in [6.45, 7) is 11.1. The molecule has 1 N–H and O–H groups in total. The molecule has 0 saturated carbocycles. The Hall–Kier alpha value is -0.820. The van der Waals surface area contributed by atoms with Gasteiger partial charge in [-0.3, -0.25) is 0 Å². The van der Waals surface area contributed by atoms with Crippen molar-refractivity contribution in [3.8, 4) is 0 Å². The van der Waals surface area contributed by atoms with E-state index in [1.165, 1.54) is 11.1 Å². The number of benzene rings is 1. The van der Waals surface area contributed by atoms with Crippen molar-refractivity contribution in [1.29, 1.82) is 0 Å². The van der Waals surface area contributed by atoms with Crippen molar-refractivity contribution in [3.63, 3.8) is 0 Å². The second-order valence-corrected chi connectivity index (χ2v) is 4.96. The van der Waals surface area contributed by atoms with Crippen LogP contribution in [0.3, 0.4) is 0 Å². The Labute approximate surface area is 93.9 Å². The van der Waals surface area contributed by atoms with Gasteiger partial charge >= 0.3 is 0 Å². The van der Waals surface area contributed by atoms with Gasteiger partial charge in [0.2, 0.25) is 0 Å². The van der Waals surface area contributed by atoms with Crippen LogP contribution in [0.1, 0.15) is 51.3 Å². The summed E-state index contributed by atoms with van der Waals surface area (Å²) in [5.41, 5.74) is 2.98. The number of rotatable bonds is 4. The summed E-state index contributed by atoms with van der Waals surface area (Å²) in [4.78, 5) is 0. The molecule has 1 aromatic carbocycles. The maximum Gasteiger partial charge on any atom is 0.0299 e. The molecule has 0 radical (unpaired) electrons. The molecule has 0 amide bonds. The summed E-state index contributed by atoms with van der Waals surface area (Å²) < 4.78 is 0.